The van der Waals surface area contributed by atoms with E-state index >= 15 is 0 Å². The van der Waals surface area contributed by atoms with Crippen molar-refractivity contribution in [2.45, 2.75) is 44.2 Å². The number of ketones is 2. The Hall–Kier alpha value is -3.66. The van der Waals surface area contributed by atoms with Crippen molar-refractivity contribution in [2.24, 2.45) is 5.92 Å². The van der Waals surface area contributed by atoms with Gasteiger partial charge in [-0.25, -0.2) is 9.18 Å². The second-order valence-corrected chi connectivity index (χ2v) is 11.7. The lowest BCUT2D eigenvalue weighted by molar-refractivity contribution is 0.0872. The molecule has 8 nitrogen and oxygen atoms in total. The number of hydrogen-bond acceptors (Lipinski definition) is 7. The number of likely N-dealkylation sites (N-methyl/N-ethyl adjacent to an activating group) is 1. The van der Waals surface area contributed by atoms with Crippen molar-refractivity contribution in [3.63, 3.8) is 0 Å². The molecule has 220 valence electrons. The fourth-order valence-electron chi connectivity index (χ4n) is 6.16. The number of ether oxygens (including phenoxy) is 1. The molecule has 3 heterocycles. The molecule has 0 spiro atoms. The summed E-state index contributed by atoms with van der Waals surface area (Å²) in [6.45, 7) is 4.96. The molecule has 2 unspecified atom stereocenters. The van der Waals surface area contributed by atoms with Gasteiger partial charge in [-0.3, -0.25) is 14.6 Å². The minimum Gasteiger partial charge on any atom is -0.410 e. The molecule has 10 heteroatoms. The van der Waals surface area contributed by atoms with Crippen LogP contribution in [0.3, 0.4) is 0 Å². The predicted octanol–water partition coefficient (Wildman–Crippen LogP) is 5.36. The van der Waals surface area contributed by atoms with Gasteiger partial charge in [-0.1, -0.05) is 24.6 Å². The molecule has 2 N–H and O–H groups in total. The molecule has 0 aliphatic carbocycles. The fourth-order valence-corrected chi connectivity index (χ4v) is 6.45. The summed E-state index contributed by atoms with van der Waals surface area (Å²) in [6.07, 6.45) is 2.35. The molecule has 0 radical (unpaired) electrons. The van der Waals surface area contributed by atoms with E-state index in [1.54, 1.807) is 25.4 Å². The van der Waals surface area contributed by atoms with Crippen LogP contribution in [0.4, 0.5) is 9.18 Å². The molecule has 1 aromatic heterocycles. The Morgan fingerprint density at radius 1 is 1.12 bits per heavy atom. The number of carbonyl (C=O) groups is 3. The zero-order valence-corrected chi connectivity index (χ0v) is 24.6. The topological polar surface area (TPSA) is 101 Å². The van der Waals surface area contributed by atoms with Crippen LogP contribution in [0.1, 0.15) is 64.7 Å². The van der Waals surface area contributed by atoms with E-state index in [0.29, 0.717) is 49.2 Å². The summed E-state index contributed by atoms with van der Waals surface area (Å²) in [5, 5.41) is 7.05. The van der Waals surface area contributed by atoms with Crippen LogP contribution in [0.5, 0.6) is 5.75 Å². The number of piperidine rings is 1. The molecule has 2 aliphatic rings. The van der Waals surface area contributed by atoms with Gasteiger partial charge in [-0.15, -0.1) is 0 Å². The van der Waals surface area contributed by atoms with Crippen LogP contribution < -0.4 is 15.4 Å². The van der Waals surface area contributed by atoms with E-state index in [0.717, 1.165) is 5.69 Å². The minimum atomic E-state index is -0.760. The van der Waals surface area contributed by atoms with Gasteiger partial charge >= 0.3 is 6.09 Å². The first kappa shape index (κ1) is 29.8. The zero-order valence-electron chi connectivity index (χ0n) is 23.8. The first-order valence-electron chi connectivity index (χ1n) is 14.0. The highest BCUT2D eigenvalue weighted by Gasteiger charge is 2.47. The molecule has 2 fully saturated rings. The van der Waals surface area contributed by atoms with Gasteiger partial charge in [0.15, 0.2) is 11.6 Å². The van der Waals surface area contributed by atoms with Gasteiger partial charge in [0.1, 0.15) is 11.6 Å². The van der Waals surface area contributed by atoms with Crippen molar-refractivity contribution in [1.82, 2.24) is 20.5 Å². The summed E-state index contributed by atoms with van der Waals surface area (Å²) in [6, 6.07) is 13.8. The second kappa shape index (κ2) is 12.3. The first-order valence-corrected chi connectivity index (χ1v) is 14.4. The summed E-state index contributed by atoms with van der Waals surface area (Å²) in [4.78, 5) is 46.0. The van der Waals surface area contributed by atoms with Crippen molar-refractivity contribution in [1.29, 1.82) is 0 Å². The molecule has 5 rings (SSSR count). The first-order chi connectivity index (χ1) is 20.1. The third-order valence-electron chi connectivity index (χ3n) is 8.53. The highest BCUT2D eigenvalue weighted by atomic mass is 35.5. The standard InChI is InChI=1S/C32H34ClFN4O4/c1-19(39)23-15-25(32(2)18-35-17-29(32)38(3)31(41)42-22-9-7-21(34)8-10-22)24(16-26(23)33)30(40)20-11-13-37-28(14-20)27-6-4-5-12-36-27/h4-10,12,15-16,20,28-29,35,37H,11,13-14,17-18H2,1-3H3/t20?,28?,29-,32+/m1/s1. The lowest BCUT2D eigenvalue weighted by Crippen LogP contribution is -2.50. The van der Waals surface area contributed by atoms with Crippen molar-refractivity contribution in [3.05, 3.63) is 94.0 Å². The molecule has 4 atom stereocenters. The Morgan fingerprint density at radius 2 is 1.88 bits per heavy atom. The lowest BCUT2D eigenvalue weighted by Gasteiger charge is -2.38. The zero-order chi connectivity index (χ0) is 30.0. The van der Waals surface area contributed by atoms with Crippen LogP contribution in [-0.4, -0.2) is 60.3 Å². The smallest absolute Gasteiger partial charge is 0.410 e. The number of amides is 1. The molecule has 2 saturated heterocycles. The van der Waals surface area contributed by atoms with Crippen LogP contribution in [0, 0.1) is 11.7 Å². The summed E-state index contributed by atoms with van der Waals surface area (Å²) in [5.74, 6) is -0.762. The molecule has 42 heavy (non-hydrogen) atoms. The normalized spacial score (nSPS) is 23.8. The fraction of sp³-hybridized carbons (Fsp3) is 0.375. The Balaban J connectivity index is 1.48. The van der Waals surface area contributed by atoms with E-state index in [1.807, 2.05) is 25.1 Å². The van der Waals surface area contributed by atoms with Gasteiger partial charge < -0.3 is 20.3 Å². The number of nitrogens with one attached hydrogen (secondary N) is 2. The van der Waals surface area contributed by atoms with Crippen LogP contribution in [0.15, 0.2) is 60.8 Å². The summed E-state index contributed by atoms with van der Waals surface area (Å²) >= 11 is 6.58. The third kappa shape index (κ3) is 5.95. The van der Waals surface area contributed by atoms with Gasteiger partial charge in [0, 0.05) is 48.8 Å². The molecule has 0 saturated carbocycles. The van der Waals surface area contributed by atoms with Crippen molar-refractivity contribution in [2.75, 3.05) is 26.7 Å². The van der Waals surface area contributed by atoms with E-state index in [-0.39, 0.29) is 34.3 Å². The van der Waals surface area contributed by atoms with E-state index in [9.17, 15) is 18.8 Å². The van der Waals surface area contributed by atoms with Gasteiger partial charge in [0.05, 0.1) is 22.8 Å². The van der Waals surface area contributed by atoms with Crippen molar-refractivity contribution < 1.29 is 23.5 Å². The quantitative estimate of drug-likeness (QED) is 0.356. The highest BCUT2D eigenvalue weighted by Crippen LogP contribution is 2.40. The van der Waals surface area contributed by atoms with Gasteiger partial charge in [-0.2, -0.15) is 0 Å². The molecule has 2 aliphatic heterocycles. The van der Waals surface area contributed by atoms with Gasteiger partial charge in [0.25, 0.3) is 0 Å². The number of hydrogen-bond donors (Lipinski definition) is 2. The third-order valence-corrected chi connectivity index (χ3v) is 8.84. The van der Waals surface area contributed by atoms with Crippen LogP contribution in [-0.2, 0) is 5.41 Å². The number of carbonyl (C=O) groups excluding carboxylic acids is 3. The SMILES string of the molecule is CC(=O)c1cc([C@]2(C)CNC[C@H]2N(C)C(=O)Oc2ccc(F)cc2)c(C(=O)C2CCNC(c3ccccn3)C2)cc1Cl. The van der Waals surface area contributed by atoms with Gasteiger partial charge in [0.2, 0.25) is 0 Å². The highest BCUT2D eigenvalue weighted by molar-refractivity contribution is 6.34. The molecule has 2 aromatic carbocycles. The average Bonchev–Trinajstić information content (AvgIpc) is 3.39. The predicted molar refractivity (Wildman–Crippen MR) is 158 cm³/mol. The number of rotatable bonds is 7. The molecular weight excluding hydrogens is 559 g/mol. The van der Waals surface area contributed by atoms with E-state index in [4.69, 9.17) is 16.3 Å². The summed E-state index contributed by atoms with van der Waals surface area (Å²) in [7, 11) is 1.63. The van der Waals surface area contributed by atoms with Crippen molar-refractivity contribution in [3.8, 4) is 5.75 Å². The maximum absolute atomic E-state index is 14.3. The number of aromatic nitrogens is 1. The molecular formula is C32H34ClFN4O4. The molecule has 1 amide bonds. The summed E-state index contributed by atoms with van der Waals surface area (Å²) < 4.78 is 18.9. The van der Waals surface area contributed by atoms with E-state index < -0.39 is 23.4 Å². The minimum absolute atomic E-state index is 0.0483. The Bertz CT molecular complexity index is 1490. The van der Waals surface area contributed by atoms with Crippen molar-refractivity contribution >= 4 is 29.3 Å². The number of Topliss-reactive ketones (excluding diaryl/α,β-unsaturated/α-hetero) is 2. The van der Waals surface area contributed by atoms with E-state index in [2.05, 4.69) is 15.6 Å². The monoisotopic (exact) mass is 592 g/mol. The Labute approximate surface area is 249 Å². The lowest BCUT2D eigenvalue weighted by atomic mass is 9.72. The maximum atomic E-state index is 14.3. The number of halogens is 2. The van der Waals surface area contributed by atoms with Crippen LogP contribution in [0.2, 0.25) is 5.02 Å². The number of nitrogens with zero attached hydrogens (tertiary/aromatic N) is 2. The number of benzene rings is 2. The largest absolute Gasteiger partial charge is 0.415 e. The molecule has 0 bridgehead atoms. The second-order valence-electron chi connectivity index (χ2n) is 11.3. The van der Waals surface area contributed by atoms with Crippen LogP contribution in [0.25, 0.3) is 0 Å². The molecule has 3 aromatic rings. The average molecular weight is 593 g/mol. The Morgan fingerprint density at radius 3 is 2.57 bits per heavy atom. The number of pyridine rings is 1. The van der Waals surface area contributed by atoms with Gasteiger partial charge in [-0.05, 0) is 80.4 Å². The van der Waals surface area contributed by atoms with E-state index in [1.165, 1.54) is 36.1 Å². The summed E-state index contributed by atoms with van der Waals surface area (Å²) in [5.41, 5.74) is 1.56. The Kier molecular flexibility index (Phi) is 8.73. The van der Waals surface area contributed by atoms with Crippen LogP contribution >= 0.6 is 11.6 Å². The maximum Gasteiger partial charge on any atom is 0.415 e.